The van der Waals surface area contributed by atoms with E-state index in [2.05, 4.69) is 48.3 Å². The van der Waals surface area contributed by atoms with Crippen LogP contribution >= 0.6 is 12.4 Å². The van der Waals surface area contributed by atoms with E-state index in [1.807, 2.05) is 6.07 Å². The van der Waals surface area contributed by atoms with E-state index in [-0.39, 0.29) is 17.8 Å². The van der Waals surface area contributed by atoms with Crippen molar-refractivity contribution in [2.75, 3.05) is 26.2 Å². The van der Waals surface area contributed by atoms with Crippen LogP contribution in [0.4, 0.5) is 0 Å². The maximum atomic E-state index is 12.8. The highest BCUT2D eigenvalue weighted by Crippen LogP contribution is 2.40. The number of hydrogen-bond acceptors (Lipinski definition) is 2. The first-order valence-electron chi connectivity index (χ1n) is 9.05. The minimum atomic E-state index is -0.0950. The number of rotatable bonds is 3. The first-order chi connectivity index (χ1) is 11.0. The molecule has 1 N–H and O–H groups in total. The molecule has 2 heterocycles. The molecule has 1 aromatic carbocycles. The molecule has 2 fully saturated rings. The molecule has 24 heavy (non-hydrogen) atoms. The Morgan fingerprint density at radius 2 is 1.67 bits per heavy atom. The van der Waals surface area contributed by atoms with Crippen LogP contribution in [0, 0.1) is 5.41 Å². The van der Waals surface area contributed by atoms with Gasteiger partial charge in [0.1, 0.15) is 0 Å². The summed E-state index contributed by atoms with van der Waals surface area (Å²) >= 11 is 0. The number of amides is 1. The van der Waals surface area contributed by atoms with E-state index >= 15 is 0 Å². The standard InChI is InChI=1S/C20H30N2O.ClH/c1-19(2,17-6-4-3-5-7-17)16-18(23)22-14-10-20(11-15-22)8-12-21-13-9-20;/h3-7,21H,8-16H2,1-2H3;1H. The van der Waals surface area contributed by atoms with Gasteiger partial charge in [-0.2, -0.15) is 0 Å². The lowest BCUT2D eigenvalue weighted by molar-refractivity contribution is -0.135. The Bertz CT molecular complexity index is 528. The first-order valence-corrected chi connectivity index (χ1v) is 9.05. The predicted octanol–water partition coefficient (Wildman–Crippen LogP) is 3.77. The van der Waals surface area contributed by atoms with E-state index in [4.69, 9.17) is 0 Å². The van der Waals surface area contributed by atoms with Gasteiger partial charge in [0.2, 0.25) is 5.91 Å². The van der Waals surface area contributed by atoms with E-state index in [0.717, 1.165) is 26.2 Å². The third-order valence-electron chi connectivity index (χ3n) is 5.99. The molecule has 1 aromatic rings. The molecule has 0 unspecified atom stereocenters. The topological polar surface area (TPSA) is 32.3 Å². The monoisotopic (exact) mass is 350 g/mol. The minimum Gasteiger partial charge on any atom is -0.343 e. The molecule has 2 aliphatic heterocycles. The molecular weight excluding hydrogens is 320 g/mol. The van der Waals surface area contributed by atoms with Crippen molar-refractivity contribution in [1.82, 2.24) is 10.2 Å². The van der Waals surface area contributed by atoms with Gasteiger partial charge in [-0.25, -0.2) is 0 Å². The van der Waals surface area contributed by atoms with Crippen molar-refractivity contribution in [1.29, 1.82) is 0 Å². The largest absolute Gasteiger partial charge is 0.343 e. The molecule has 1 spiro atoms. The minimum absolute atomic E-state index is 0. The summed E-state index contributed by atoms with van der Waals surface area (Å²) in [7, 11) is 0. The summed E-state index contributed by atoms with van der Waals surface area (Å²) in [5, 5.41) is 3.46. The lowest BCUT2D eigenvalue weighted by atomic mass is 9.71. The Hall–Kier alpha value is -1.06. The van der Waals surface area contributed by atoms with Gasteiger partial charge >= 0.3 is 0 Å². The number of carbonyl (C=O) groups is 1. The van der Waals surface area contributed by atoms with Crippen LogP contribution in [-0.4, -0.2) is 37.0 Å². The molecule has 2 saturated heterocycles. The maximum Gasteiger partial charge on any atom is 0.223 e. The Kier molecular flexibility index (Phi) is 6.33. The number of likely N-dealkylation sites (tertiary alicyclic amines) is 1. The Labute approximate surface area is 152 Å². The second kappa shape index (κ2) is 7.88. The van der Waals surface area contributed by atoms with Gasteiger partial charge in [-0.3, -0.25) is 4.79 Å². The fourth-order valence-corrected chi connectivity index (χ4v) is 4.17. The highest BCUT2D eigenvalue weighted by molar-refractivity contribution is 5.85. The number of nitrogens with zero attached hydrogens (tertiary/aromatic N) is 1. The van der Waals surface area contributed by atoms with E-state index in [0.29, 0.717) is 17.7 Å². The predicted molar refractivity (Wildman–Crippen MR) is 102 cm³/mol. The molecule has 0 bridgehead atoms. The highest BCUT2D eigenvalue weighted by Gasteiger charge is 2.37. The fourth-order valence-electron chi connectivity index (χ4n) is 4.17. The summed E-state index contributed by atoms with van der Waals surface area (Å²) in [6.45, 7) is 8.55. The Balaban J connectivity index is 0.00000208. The molecule has 3 nitrogen and oxygen atoms in total. The van der Waals surface area contributed by atoms with Gasteiger partial charge in [0.05, 0.1) is 0 Å². The zero-order valence-corrected chi connectivity index (χ0v) is 15.8. The smallest absolute Gasteiger partial charge is 0.223 e. The van der Waals surface area contributed by atoms with Crippen LogP contribution in [-0.2, 0) is 10.2 Å². The highest BCUT2D eigenvalue weighted by atomic mass is 35.5. The summed E-state index contributed by atoms with van der Waals surface area (Å²) < 4.78 is 0. The van der Waals surface area contributed by atoms with E-state index in [9.17, 15) is 4.79 Å². The van der Waals surface area contributed by atoms with Gasteiger partial charge in [0, 0.05) is 19.5 Å². The van der Waals surface area contributed by atoms with Crippen LogP contribution in [0.1, 0.15) is 51.5 Å². The van der Waals surface area contributed by atoms with Gasteiger partial charge in [-0.15, -0.1) is 12.4 Å². The number of benzene rings is 1. The molecule has 0 saturated carbocycles. The molecule has 4 heteroatoms. The number of hydrogen-bond donors (Lipinski definition) is 1. The fraction of sp³-hybridized carbons (Fsp3) is 0.650. The van der Waals surface area contributed by atoms with Crippen LogP contribution in [0.15, 0.2) is 30.3 Å². The molecule has 0 aromatic heterocycles. The summed E-state index contributed by atoms with van der Waals surface area (Å²) in [5.41, 5.74) is 1.67. The third-order valence-corrected chi connectivity index (χ3v) is 5.99. The number of piperidine rings is 2. The van der Waals surface area contributed by atoms with E-state index < -0.39 is 0 Å². The number of carbonyl (C=O) groups excluding carboxylic acids is 1. The first kappa shape index (κ1) is 19.3. The van der Waals surface area contributed by atoms with Gasteiger partial charge < -0.3 is 10.2 Å². The molecular formula is C20H31ClN2O. The average Bonchev–Trinajstić information content (AvgIpc) is 2.56. The summed E-state index contributed by atoms with van der Waals surface area (Å²) in [5.74, 6) is 0.322. The van der Waals surface area contributed by atoms with Crippen LogP contribution in [0.5, 0.6) is 0 Å². The van der Waals surface area contributed by atoms with Crippen molar-refractivity contribution >= 4 is 18.3 Å². The molecule has 0 radical (unpaired) electrons. The van der Waals surface area contributed by atoms with Gasteiger partial charge in [-0.05, 0) is 55.2 Å². The molecule has 3 rings (SSSR count). The SMILES string of the molecule is CC(C)(CC(=O)N1CCC2(CCNCC2)CC1)c1ccccc1.Cl. The molecule has 134 valence electrons. The van der Waals surface area contributed by atoms with E-state index in [1.165, 1.54) is 31.2 Å². The van der Waals surface area contributed by atoms with Gasteiger partial charge in [-0.1, -0.05) is 44.2 Å². The normalized spacial score (nSPS) is 20.5. The summed E-state index contributed by atoms with van der Waals surface area (Å²) in [6, 6.07) is 10.4. The second-order valence-electron chi connectivity index (χ2n) is 8.06. The van der Waals surface area contributed by atoms with Crippen LogP contribution in [0.2, 0.25) is 0 Å². The van der Waals surface area contributed by atoms with E-state index in [1.54, 1.807) is 0 Å². The maximum absolute atomic E-state index is 12.8. The lowest BCUT2D eigenvalue weighted by Gasteiger charge is -2.45. The molecule has 1 amide bonds. The Morgan fingerprint density at radius 1 is 1.08 bits per heavy atom. The zero-order valence-electron chi connectivity index (χ0n) is 15.0. The van der Waals surface area contributed by atoms with Crippen molar-refractivity contribution in [2.24, 2.45) is 5.41 Å². The van der Waals surface area contributed by atoms with Gasteiger partial charge in [0.15, 0.2) is 0 Å². The lowest BCUT2D eigenvalue weighted by Crippen LogP contribution is -2.48. The summed E-state index contributed by atoms with van der Waals surface area (Å²) in [6.07, 6.45) is 5.54. The van der Waals surface area contributed by atoms with Crippen molar-refractivity contribution in [3.63, 3.8) is 0 Å². The third kappa shape index (κ3) is 4.31. The Morgan fingerprint density at radius 3 is 2.25 bits per heavy atom. The zero-order chi connectivity index (χ0) is 16.3. The average molecular weight is 351 g/mol. The van der Waals surface area contributed by atoms with Crippen molar-refractivity contribution < 1.29 is 4.79 Å². The quantitative estimate of drug-likeness (QED) is 0.900. The van der Waals surface area contributed by atoms with Crippen LogP contribution in [0.3, 0.4) is 0 Å². The molecule has 0 atom stereocenters. The van der Waals surface area contributed by atoms with Gasteiger partial charge in [0.25, 0.3) is 0 Å². The van der Waals surface area contributed by atoms with Crippen LogP contribution in [0.25, 0.3) is 0 Å². The molecule has 0 aliphatic carbocycles. The van der Waals surface area contributed by atoms with Crippen molar-refractivity contribution in [3.8, 4) is 0 Å². The second-order valence-corrected chi connectivity index (χ2v) is 8.06. The number of nitrogens with one attached hydrogen (secondary N) is 1. The van der Waals surface area contributed by atoms with Crippen LogP contribution < -0.4 is 5.32 Å². The van der Waals surface area contributed by atoms with Crippen molar-refractivity contribution in [2.45, 2.75) is 51.4 Å². The summed E-state index contributed by atoms with van der Waals surface area (Å²) in [4.78, 5) is 14.9. The number of halogens is 1. The van der Waals surface area contributed by atoms with Crippen molar-refractivity contribution in [3.05, 3.63) is 35.9 Å². The molecule has 2 aliphatic rings.